The van der Waals surface area contributed by atoms with E-state index >= 15 is 0 Å². The summed E-state index contributed by atoms with van der Waals surface area (Å²) in [7, 11) is 0. The molecule has 2 unspecified atom stereocenters. The Balaban J connectivity index is 1.85. The summed E-state index contributed by atoms with van der Waals surface area (Å²) in [5, 5.41) is 0. The molecule has 2 amide bonds. The van der Waals surface area contributed by atoms with Crippen LogP contribution >= 0.6 is 0 Å². The lowest BCUT2D eigenvalue weighted by molar-refractivity contribution is -0.140. The summed E-state index contributed by atoms with van der Waals surface area (Å²) in [6.07, 6.45) is 5.45. The second-order valence-corrected chi connectivity index (χ2v) is 5.34. The Kier molecular flexibility index (Phi) is 2.97. The molecule has 1 aromatic carbocycles. The van der Waals surface area contributed by atoms with Crippen LogP contribution in [0.1, 0.15) is 24.0 Å². The number of rotatable bonds is 2. The topological polar surface area (TPSA) is 37.4 Å². The molecule has 3 rings (SSSR count). The van der Waals surface area contributed by atoms with Gasteiger partial charge in [0.05, 0.1) is 18.4 Å². The fraction of sp³-hybridized carbons (Fsp3) is 0.375. The van der Waals surface area contributed by atoms with Gasteiger partial charge in [-0.1, -0.05) is 36.4 Å². The average molecular weight is 255 g/mol. The molecule has 2 atom stereocenters. The van der Waals surface area contributed by atoms with Crippen LogP contribution in [0.15, 0.2) is 36.4 Å². The molecule has 0 saturated carbocycles. The highest BCUT2D eigenvalue weighted by molar-refractivity contribution is 6.05. The summed E-state index contributed by atoms with van der Waals surface area (Å²) < 4.78 is 0. The molecule has 1 saturated heterocycles. The van der Waals surface area contributed by atoms with Crippen molar-refractivity contribution in [3.05, 3.63) is 47.5 Å². The third-order valence-corrected chi connectivity index (χ3v) is 4.19. The fourth-order valence-corrected chi connectivity index (χ4v) is 2.98. The summed E-state index contributed by atoms with van der Waals surface area (Å²) in [5.41, 5.74) is 2.17. The Hall–Kier alpha value is -1.90. The number of hydrogen-bond donors (Lipinski definition) is 0. The molecule has 3 heteroatoms. The van der Waals surface area contributed by atoms with Crippen molar-refractivity contribution >= 4 is 11.8 Å². The molecule has 0 bridgehead atoms. The van der Waals surface area contributed by atoms with E-state index in [0.717, 1.165) is 11.1 Å². The Morgan fingerprint density at radius 2 is 1.63 bits per heavy atom. The number of carbonyl (C=O) groups excluding carboxylic acids is 2. The van der Waals surface area contributed by atoms with Crippen molar-refractivity contribution in [2.45, 2.75) is 26.3 Å². The van der Waals surface area contributed by atoms with Crippen molar-refractivity contribution in [2.24, 2.45) is 11.8 Å². The normalized spacial score (nSPS) is 25.8. The summed E-state index contributed by atoms with van der Waals surface area (Å²) in [6, 6.07) is 7.91. The molecule has 1 aliphatic carbocycles. The van der Waals surface area contributed by atoms with Crippen LogP contribution in [0, 0.1) is 18.8 Å². The molecule has 1 aromatic rings. The zero-order valence-electron chi connectivity index (χ0n) is 11.0. The number of fused-ring (bicyclic) bond motifs is 1. The monoisotopic (exact) mass is 255 g/mol. The van der Waals surface area contributed by atoms with E-state index in [2.05, 4.69) is 0 Å². The molecule has 0 radical (unpaired) electrons. The van der Waals surface area contributed by atoms with Crippen LogP contribution in [0.3, 0.4) is 0 Å². The average Bonchev–Trinajstić information content (AvgIpc) is 2.67. The lowest BCUT2D eigenvalue weighted by Crippen LogP contribution is -2.30. The zero-order chi connectivity index (χ0) is 13.4. The number of imide groups is 1. The zero-order valence-corrected chi connectivity index (χ0v) is 11.0. The quantitative estimate of drug-likeness (QED) is 0.601. The van der Waals surface area contributed by atoms with Gasteiger partial charge < -0.3 is 0 Å². The lowest BCUT2D eigenvalue weighted by atomic mass is 9.85. The van der Waals surface area contributed by atoms with Gasteiger partial charge in [-0.25, -0.2) is 0 Å². The fourth-order valence-electron chi connectivity index (χ4n) is 2.98. The minimum Gasteiger partial charge on any atom is -0.278 e. The van der Waals surface area contributed by atoms with Gasteiger partial charge in [0.2, 0.25) is 11.8 Å². The minimum absolute atomic E-state index is 0.00241. The number of nitrogens with zero attached hydrogens (tertiary/aromatic N) is 1. The molecule has 1 aliphatic heterocycles. The van der Waals surface area contributed by atoms with Crippen molar-refractivity contribution < 1.29 is 9.59 Å². The maximum Gasteiger partial charge on any atom is 0.233 e. The van der Waals surface area contributed by atoms with E-state index in [4.69, 9.17) is 0 Å². The predicted molar refractivity (Wildman–Crippen MR) is 72.1 cm³/mol. The smallest absolute Gasteiger partial charge is 0.233 e. The van der Waals surface area contributed by atoms with Gasteiger partial charge in [-0.2, -0.15) is 0 Å². The van der Waals surface area contributed by atoms with Gasteiger partial charge >= 0.3 is 0 Å². The Morgan fingerprint density at radius 1 is 1.05 bits per heavy atom. The van der Waals surface area contributed by atoms with Gasteiger partial charge in [0.15, 0.2) is 0 Å². The number of hydrogen-bond acceptors (Lipinski definition) is 2. The molecule has 3 nitrogen and oxygen atoms in total. The number of carbonyl (C=O) groups is 2. The molecule has 0 N–H and O–H groups in total. The van der Waals surface area contributed by atoms with Crippen LogP contribution in [0.5, 0.6) is 0 Å². The largest absolute Gasteiger partial charge is 0.278 e. The van der Waals surface area contributed by atoms with E-state index in [0.29, 0.717) is 19.4 Å². The Bertz CT molecular complexity index is 536. The van der Waals surface area contributed by atoms with E-state index in [1.807, 2.05) is 43.3 Å². The van der Waals surface area contributed by atoms with Gasteiger partial charge in [0.25, 0.3) is 0 Å². The third-order valence-electron chi connectivity index (χ3n) is 4.19. The number of benzene rings is 1. The first-order chi connectivity index (χ1) is 9.18. The Morgan fingerprint density at radius 3 is 2.21 bits per heavy atom. The van der Waals surface area contributed by atoms with Crippen molar-refractivity contribution in [3.8, 4) is 0 Å². The van der Waals surface area contributed by atoms with Crippen LogP contribution in [0.25, 0.3) is 0 Å². The molecule has 0 spiro atoms. The first-order valence-electron chi connectivity index (χ1n) is 6.73. The van der Waals surface area contributed by atoms with Gasteiger partial charge in [-0.15, -0.1) is 0 Å². The van der Waals surface area contributed by atoms with Crippen LogP contribution in [0.4, 0.5) is 0 Å². The maximum atomic E-state index is 12.3. The summed E-state index contributed by atoms with van der Waals surface area (Å²) >= 11 is 0. The number of allylic oxidation sites excluding steroid dienone is 2. The first kappa shape index (κ1) is 12.2. The number of aryl methyl sites for hydroxylation is 1. The molecule has 1 fully saturated rings. The van der Waals surface area contributed by atoms with Gasteiger partial charge in [0, 0.05) is 0 Å². The second-order valence-electron chi connectivity index (χ2n) is 5.34. The van der Waals surface area contributed by atoms with Crippen LogP contribution in [-0.2, 0) is 16.1 Å². The number of likely N-dealkylation sites (tertiary alicyclic amines) is 1. The highest BCUT2D eigenvalue weighted by atomic mass is 16.2. The molecule has 1 heterocycles. The summed E-state index contributed by atoms with van der Waals surface area (Å²) in [6.45, 7) is 2.42. The van der Waals surface area contributed by atoms with E-state index in [-0.39, 0.29) is 23.7 Å². The van der Waals surface area contributed by atoms with Crippen LogP contribution in [-0.4, -0.2) is 16.7 Å². The maximum absolute atomic E-state index is 12.3. The second kappa shape index (κ2) is 4.65. The third kappa shape index (κ3) is 1.99. The van der Waals surface area contributed by atoms with Crippen molar-refractivity contribution in [2.75, 3.05) is 0 Å². The highest BCUT2D eigenvalue weighted by Crippen LogP contribution is 2.35. The van der Waals surface area contributed by atoms with E-state index in [9.17, 15) is 9.59 Å². The van der Waals surface area contributed by atoms with Crippen LogP contribution in [0.2, 0.25) is 0 Å². The van der Waals surface area contributed by atoms with E-state index in [1.165, 1.54) is 4.90 Å². The predicted octanol–water partition coefficient (Wildman–Crippen LogP) is 2.45. The van der Waals surface area contributed by atoms with E-state index in [1.54, 1.807) is 0 Å². The lowest BCUT2D eigenvalue weighted by Gasteiger charge is -2.16. The van der Waals surface area contributed by atoms with Gasteiger partial charge in [-0.3, -0.25) is 14.5 Å². The highest BCUT2D eigenvalue weighted by Gasteiger charge is 2.46. The molecule has 2 aliphatic rings. The summed E-state index contributed by atoms with van der Waals surface area (Å²) in [5.74, 6) is -0.242. The molecular formula is C16H17NO2. The van der Waals surface area contributed by atoms with Crippen molar-refractivity contribution in [1.82, 2.24) is 4.90 Å². The van der Waals surface area contributed by atoms with Crippen molar-refractivity contribution in [3.63, 3.8) is 0 Å². The standard InChI is InChI=1S/C16H17NO2/c1-11-6-2-3-7-12(11)10-17-15(18)13-8-4-5-9-14(13)16(17)19/h2-7,13-14H,8-10H2,1H3. The minimum atomic E-state index is -0.124. The van der Waals surface area contributed by atoms with E-state index < -0.39 is 0 Å². The first-order valence-corrected chi connectivity index (χ1v) is 6.73. The summed E-state index contributed by atoms with van der Waals surface area (Å²) in [4.78, 5) is 26.1. The van der Waals surface area contributed by atoms with Crippen LogP contribution < -0.4 is 0 Å². The Labute approximate surface area is 112 Å². The molecule has 19 heavy (non-hydrogen) atoms. The van der Waals surface area contributed by atoms with Crippen molar-refractivity contribution in [1.29, 1.82) is 0 Å². The molecule has 98 valence electrons. The number of amides is 2. The van der Waals surface area contributed by atoms with Gasteiger partial charge in [-0.05, 0) is 30.9 Å². The van der Waals surface area contributed by atoms with Gasteiger partial charge in [0.1, 0.15) is 0 Å². The molecule has 0 aromatic heterocycles. The SMILES string of the molecule is Cc1ccccc1CN1C(=O)C2CC=CCC2C1=O. The molecular weight excluding hydrogens is 238 g/mol.